The summed E-state index contributed by atoms with van der Waals surface area (Å²) in [5.74, 6) is 0.263. The zero-order chi connectivity index (χ0) is 10.1. The molecule has 0 unspecified atom stereocenters. The van der Waals surface area contributed by atoms with Gasteiger partial charge in [-0.25, -0.2) is 5.10 Å². The molecular formula is C9H10N4O. The lowest BCUT2D eigenvalue weighted by Gasteiger charge is -2.02. The first-order valence-electron chi connectivity index (χ1n) is 4.39. The van der Waals surface area contributed by atoms with Gasteiger partial charge in [-0.2, -0.15) is 10.2 Å². The fourth-order valence-electron chi connectivity index (χ4n) is 1.19. The molecule has 0 bridgehead atoms. The average Bonchev–Trinajstić information content (AvgIpc) is 2.18. The molecule has 2 rings (SSSR count). The summed E-state index contributed by atoms with van der Waals surface area (Å²) in [5, 5.41) is 14.5. The average molecular weight is 190 g/mol. The van der Waals surface area contributed by atoms with Crippen LogP contribution in [0.3, 0.4) is 0 Å². The first-order valence-corrected chi connectivity index (χ1v) is 4.39. The maximum Gasteiger partial charge on any atom is 0.273 e. The first-order chi connectivity index (χ1) is 6.68. The van der Waals surface area contributed by atoms with Crippen LogP contribution in [0.4, 0.5) is 0 Å². The molecule has 0 aliphatic heterocycles. The number of hydrogen-bond donors (Lipinski definition) is 1. The van der Waals surface area contributed by atoms with Crippen LogP contribution < -0.4 is 5.56 Å². The highest BCUT2D eigenvalue weighted by Gasteiger charge is 2.05. The van der Waals surface area contributed by atoms with Crippen molar-refractivity contribution in [3.05, 3.63) is 28.3 Å². The Hall–Kier alpha value is -1.78. The maximum absolute atomic E-state index is 11.4. The van der Waals surface area contributed by atoms with Crippen LogP contribution in [0.5, 0.6) is 0 Å². The Kier molecular flexibility index (Phi) is 1.99. The number of nitrogens with zero attached hydrogens (tertiary/aromatic N) is 3. The topological polar surface area (TPSA) is 71.5 Å². The van der Waals surface area contributed by atoms with E-state index in [1.165, 1.54) is 6.20 Å². The van der Waals surface area contributed by atoms with Crippen molar-refractivity contribution >= 4 is 10.9 Å². The minimum absolute atomic E-state index is 0.223. The van der Waals surface area contributed by atoms with Crippen LogP contribution in [0, 0.1) is 0 Å². The van der Waals surface area contributed by atoms with Crippen molar-refractivity contribution < 1.29 is 0 Å². The molecule has 0 fully saturated rings. The number of aromatic amines is 1. The summed E-state index contributed by atoms with van der Waals surface area (Å²) in [6, 6.07) is 1.76. The van der Waals surface area contributed by atoms with Crippen LogP contribution in [0.25, 0.3) is 10.9 Å². The predicted molar refractivity (Wildman–Crippen MR) is 52.0 cm³/mol. The van der Waals surface area contributed by atoms with Crippen LogP contribution in [0.1, 0.15) is 25.5 Å². The van der Waals surface area contributed by atoms with Crippen molar-refractivity contribution in [3.63, 3.8) is 0 Å². The highest BCUT2D eigenvalue weighted by atomic mass is 16.1. The molecule has 5 heteroatoms. The number of H-pyrrole nitrogens is 1. The summed E-state index contributed by atoms with van der Waals surface area (Å²) in [5.41, 5.74) is 1.12. The quantitative estimate of drug-likeness (QED) is 0.723. The molecule has 2 aromatic heterocycles. The van der Waals surface area contributed by atoms with Crippen LogP contribution >= 0.6 is 0 Å². The molecule has 0 atom stereocenters. The highest BCUT2D eigenvalue weighted by molar-refractivity contribution is 5.75. The molecule has 0 spiro atoms. The van der Waals surface area contributed by atoms with E-state index < -0.39 is 0 Å². The summed E-state index contributed by atoms with van der Waals surface area (Å²) < 4.78 is 0. The number of hydrogen-bond acceptors (Lipinski definition) is 4. The Balaban J connectivity index is 2.76. The predicted octanol–water partition coefficient (Wildman–Crippen LogP) is 0.837. The second-order valence-electron chi connectivity index (χ2n) is 3.42. The van der Waals surface area contributed by atoms with Crippen LogP contribution in [0.2, 0.25) is 0 Å². The smallest absolute Gasteiger partial charge is 0.267 e. The van der Waals surface area contributed by atoms with Crippen molar-refractivity contribution in [2.45, 2.75) is 19.8 Å². The van der Waals surface area contributed by atoms with E-state index in [0.29, 0.717) is 10.9 Å². The second-order valence-corrected chi connectivity index (χ2v) is 3.42. The fraction of sp³-hybridized carbons (Fsp3) is 0.333. The van der Waals surface area contributed by atoms with Crippen molar-refractivity contribution in [2.75, 3.05) is 0 Å². The lowest BCUT2D eigenvalue weighted by molar-refractivity contribution is 0.792. The van der Waals surface area contributed by atoms with Gasteiger partial charge in [0.1, 0.15) is 5.52 Å². The SMILES string of the molecule is CC(C)c1cc2c(=O)[nH]ncc2nn1. The molecule has 2 aromatic rings. The van der Waals surface area contributed by atoms with Crippen molar-refractivity contribution in [1.29, 1.82) is 0 Å². The second kappa shape index (κ2) is 3.17. The normalized spacial score (nSPS) is 11.1. The minimum Gasteiger partial charge on any atom is -0.267 e. The van der Waals surface area contributed by atoms with Gasteiger partial charge in [-0.3, -0.25) is 4.79 Å². The third-order valence-electron chi connectivity index (χ3n) is 2.03. The zero-order valence-corrected chi connectivity index (χ0v) is 7.98. The van der Waals surface area contributed by atoms with E-state index in [2.05, 4.69) is 20.4 Å². The molecule has 1 N–H and O–H groups in total. The van der Waals surface area contributed by atoms with Gasteiger partial charge in [0.05, 0.1) is 17.3 Å². The van der Waals surface area contributed by atoms with Gasteiger partial charge < -0.3 is 0 Å². The van der Waals surface area contributed by atoms with Gasteiger partial charge >= 0.3 is 0 Å². The summed E-state index contributed by atoms with van der Waals surface area (Å²) in [7, 11) is 0. The van der Waals surface area contributed by atoms with Gasteiger partial charge in [-0.15, -0.1) is 5.10 Å². The van der Waals surface area contributed by atoms with E-state index in [1.54, 1.807) is 6.07 Å². The van der Waals surface area contributed by atoms with E-state index >= 15 is 0 Å². The number of aromatic nitrogens is 4. The van der Waals surface area contributed by atoms with Crippen molar-refractivity contribution in [3.8, 4) is 0 Å². The van der Waals surface area contributed by atoms with Crippen LogP contribution in [-0.4, -0.2) is 20.4 Å². The molecular weight excluding hydrogens is 180 g/mol. The molecule has 0 saturated carbocycles. The van der Waals surface area contributed by atoms with Gasteiger partial charge in [0.15, 0.2) is 0 Å². The molecule has 0 radical (unpaired) electrons. The van der Waals surface area contributed by atoms with Crippen LogP contribution in [0.15, 0.2) is 17.1 Å². The Labute approximate surface area is 80.2 Å². The number of fused-ring (bicyclic) bond motifs is 1. The lowest BCUT2D eigenvalue weighted by Crippen LogP contribution is -2.10. The van der Waals surface area contributed by atoms with E-state index in [4.69, 9.17) is 0 Å². The standard InChI is InChI=1S/C9H10N4O/c1-5(2)7-3-6-8(12-11-7)4-10-13-9(6)14/h3-5H,1-2H3,(H,13,14). The molecule has 0 amide bonds. The molecule has 2 heterocycles. The summed E-state index contributed by atoms with van der Waals surface area (Å²) >= 11 is 0. The van der Waals surface area contributed by atoms with Gasteiger partial charge in [0.25, 0.3) is 5.56 Å². The Morgan fingerprint density at radius 1 is 1.36 bits per heavy atom. The van der Waals surface area contributed by atoms with Crippen molar-refractivity contribution in [2.24, 2.45) is 0 Å². The molecule has 5 nitrogen and oxygen atoms in total. The molecule has 0 aliphatic rings. The lowest BCUT2D eigenvalue weighted by atomic mass is 10.1. The fourth-order valence-corrected chi connectivity index (χ4v) is 1.19. The Bertz CT molecular complexity index is 517. The summed E-state index contributed by atoms with van der Waals surface area (Å²) in [6.45, 7) is 4.01. The zero-order valence-electron chi connectivity index (χ0n) is 7.98. The first kappa shape index (κ1) is 8.80. The third kappa shape index (κ3) is 1.37. The molecule has 14 heavy (non-hydrogen) atoms. The Morgan fingerprint density at radius 3 is 2.86 bits per heavy atom. The number of rotatable bonds is 1. The third-order valence-corrected chi connectivity index (χ3v) is 2.03. The summed E-state index contributed by atoms with van der Waals surface area (Å²) in [4.78, 5) is 11.4. The van der Waals surface area contributed by atoms with Gasteiger partial charge in [-0.05, 0) is 12.0 Å². The minimum atomic E-state index is -0.223. The maximum atomic E-state index is 11.4. The Morgan fingerprint density at radius 2 is 2.14 bits per heavy atom. The van der Waals surface area contributed by atoms with Gasteiger partial charge in [0.2, 0.25) is 0 Å². The molecule has 72 valence electrons. The van der Waals surface area contributed by atoms with Gasteiger partial charge in [0, 0.05) is 0 Å². The monoisotopic (exact) mass is 190 g/mol. The van der Waals surface area contributed by atoms with Crippen molar-refractivity contribution in [1.82, 2.24) is 20.4 Å². The van der Waals surface area contributed by atoms with E-state index in [-0.39, 0.29) is 11.5 Å². The van der Waals surface area contributed by atoms with E-state index in [1.807, 2.05) is 13.8 Å². The highest BCUT2D eigenvalue weighted by Crippen LogP contribution is 2.12. The van der Waals surface area contributed by atoms with E-state index in [0.717, 1.165) is 5.69 Å². The van der Waals surface area contributed by atoms with Gasteiger partial charge in [-0.1, -0.05) is 13.8 Å². The summed E-state index contributed by atoms with van der Waals surface area (Å²) in [6.07, 6.45) is 1.49. The molecule has 0 aromatic carbocycles. The number of nitrogens with one attached hydrogen (secondary N) is 1. The van der Waals surface area contributed by atoms with Crippen LogP contribution in [-0.2, 0) is 0 Å². The molecule has 0 saturated heterocycles. The molecule has 0 aliphatic carbocycles. The van der Waals surface area contributed by atoms with E-state index in [9.17, 15) is 4.79 Å². The largest absolute Gasteiger partial charge is 0.273 e.